The number of nitrogens with zero attached hydrogens (tertiary/aromatic N) is 4. The molecule has 6 nitrogen and oxygen atoms in total. The van der Waals surface area contributed by atoms with Gasteiger partial charge in [0.25, 0.3) is 0 Å². The van der Waals surface area contributed by atoms with Crippen LogP contribution in [0.3, 0.4) is 0 Å². The monoisotopic (exact) mass is 395 g/mol. The van der Waals surface area contributed by atoms with E-state index in [-0.39, 0.29) is 5.69 Å². The average molecular weight is 396 g/mol. The summed E-state index contributed by atoms with van der Waals surface area (Å²) in [5.74, 6) is 0.652. The van der Waals surface area contributed by atoms with Crippen LogP contribution in [-0.4, -0.2) is 24.7 Å². The van der Waals surface area contributed by atoms with Crippen LogP contribution in [0.15, 0.2) is 70.1 Å². The zero-order valence-corrected chi connectivity index (χ0v) is 16.0. The van der Waals surface area contributed by atoms with Gasteiger partial charge in [0.1, 0.15) is 5.01 Å². The third-order valence-corrected chi connectivity index (χ3v) is 5.90. The van der Waals surface area contributed by atoms with Gasteiger partial charge in [0.2, 0.25) is 0 Å². The Bertz CT molecular complexity index is 1060. The zero-order valence-electron chi connectivity index (χ0n) is 14.4. The molecule has 0 amide bonds. The molecule has 0 spiro atoms. The van der Waals surface area contributed by atoms with Crippen LogP contribution in [0.25, 0.3) is 10.7 Å². The first-order chi connectivity index (χ1) is 13.3. The largest absolute Gasteiger partial charge is 0.343 e. The van der Waals surface area contributed by atoms with Crippen molar-refractivity contribution in [3.8, 4) is 10.7 Å². The summed E-state index contributed by atoms with van der Waals surface area (Å²) in [6, 6.07) is 15.9. The highest BCUT2D eigenvalue weighted by Gasteiger charge is 2.11. The van der Waals surface area contributed by atoms with Crippen LogP contribution < -0.4 is 5.69 Å². The number of pyridine rings is 1. The molecule has 0 atom stereocenters. The first kappa shape index (κ1) is 17.7. The molecule has 4 rings (SSSR count). The first-order valence-corrected chi connectivity index (χ1v) is 10.3. The second kappa shape index (κ2) is 8.32. The summed E-state index contributed by atoms with van der Waals surface area (Å²) in [4.78, 5) is 21.0. The highest BCUT2D eigenvalue weighted by atomic mass is 32.2. The smallest absolute Gasteiger partial charge is 0.270 e. The lowest BCUT2D eigenvalue weighted by atomic mass is 10.1. The summed E-state index contributed by atoms with van der Waals surface area (Å²) in [6.07, 6.45) is 2.55. The van der Waals surface area contributed by atoms with Gasteiger partial charge in [0.05, 0.1) is 11.4 Å². The molecule has 3 heterocycles. The molecule has 4 aromatic rings. The van der Waals surface area contributed by atoms with E-state index in [0.29, 0.717) is 17.5 Å². The minimum atomic E-state index is -0.180. The SMILES string of the molecule is O=c1[nH]nc(SCc2csc(-c3ccccn3)n2)n1CCc1ccccc1. The first-order valence-electron chi connectivity index (χ1n) is 8.47. The van der Waals surface area contributed by atoms with Gasteiger partial charge in [-0.1, -0.05) is 48.2 Å². The number of aryl methyl sites for hydroxylation is 1. The van der Waals surface area contributed by atoms with Crippen molar-refractivity contribution < 1.29 is 0 Å². The number of thiazole rings is 1. The van der Waals surface area contributed by atoms with Crippen molar-refractivity contribution in [1.82, 2.24) is 24.7 Å². The maximum Gasteiger partial charge on any atom is 0.343 e. The summed E-state index contributed by atoms with van der Waals surface area (Å²) in [5.41, 5.74) is 2.84. The van der Waals surface area contributed by atoms with Crippen LogP contribution in [0.1, 0.15) is 11.3 Å². The molecule has 27 heavy (non-hydrogen) atoms. The third-order valence-electron chi connectivity index (χ3n) is 3.98. The van der Waals surface area contributed by atoms with Crippen LogP contribution in [0.4, 0.5) is 0 Å². The lowest BCUT2D eigenvalue weighted by Crippen LogP contribution is -2.18. The molecule has 0 aliphatic rings. The molecule has 0 fully saturated rings. The number of aromatic nitrogens is 5. The third kappa shape index (κ3) is 4.35. The van der Waals surface area contributed by atoms with Crippen LogP contribution >= 0.6 is 23.1 Å². The van der Waals surface area contributed by atoms with Gasteiger partial charge in [-0.05, 0) is 24.1 Å². The maximum absolute atomic E-state index is 12.1. The van der Waals surface area contributed by atoms with Gasteiger partial charge < -0.3 is 0 Å². The summed E-state index contributed by atoms with van der Waals surface area (Å²) in [7, 11) is 0. The molecule has 8 heteroatoms. The minimum Gasteiger partial charge on any atom is -0.270 e. The highest BCUT2D eigenvalue weighted by molar-refractivity contribution is 7.98. The fourth-order valence-corrected chi connectivity index (χ4v) is 4.38. The average Bonchev–Trinajstić information content (AvgIpc) is 3.33. The van der Waals surface area contributed by atoms with Gasteiger partial charge in [-0.2, -0.15) is 0 Å². The number of hydrogen-bond donors (Lipinski definition) is 1. The topological polar surface area (TPSA) is 76.5 Å². The maximum atomic E-state index is 12.1. The summed E-state index contributed by atoms with van der Waals surface area (Å²) < 4.78 is 1.68. The van der Waals surface area contributed by atoms with Crippen molar-refractivity contribution in [3.63, 3.8) is 0 Å². The van der Waals surface area contributed by atoms with Crippen LogP contribution in [0.2, 0.25) is 0 Å². The van der Waals surface area contributed by atoms with E-state index in [0.717, 1.165) is 22.8 Å². The number of thioether (sulfide) groups is 1. The van der Waals surface area contributed by atoms with Crippen molar-refractivity contribution in [2.75, 3.05) is 0 Å². The Hall–Kier alpha value is -2.71. The van der Waals surface area contributed by atoms with E-state index in [9.17, 15) is 4.79 Å². The zero-order chi connectivity index (χ0) is 18.5. The second-order valence-corrected chi connectivity index (χ2v) is 7.65. The van der Waals surface area contributed by atoms with Gasteiger partial charge >= 0.3 is 5.69 Å². The molecule has 136 valence electrons. The molecule has 0 saturated carbocycles. The van der Waals surface area contributed by atoms with E-state index < -0.39 is 0 Å². The molecule has 0 unspecified atom stereocenters. The molecule has 3 aromatic heterocycles. The fraction of sp³-hybridized carbons (Fsp3) is 0.158. The van der Waals surface area contributed by atoms with E-state index in [1.54, 1.807) is 22.1 Å². The number of aromatic amines is 1. The Morgan fingerprint density at radius 3 is 2.78 bits per heavy atom. The number of rotatable bonds is 7. The number of benzene rings is 1. The van der Waals surface area contributed by atoms with Crippen molar-refractivity contribution in [3.05, 3.63) is 81.8 Å². The molecular formula is C19H17N5OS2. The summed E-state index contributed by atoms with van der Waals surface area (Å²) in [5, 5.41) is 10.3. The van der Waals surface area contributed by atoms with Crippen LogP contribution in [0, 0.1) is 0 Å². The van der Waals surface area contributed by atoms with E-state index in [4.69, 9.17) is 0 Å². The Kier molecular flexibility index (Phi) is 5.45. The Labute approximate surface area is 164 Å². The standard InChI is InChI=1S/C19H17N5OS2/c25-18-22-23-19(24(18)11-9-14-6-2-1-3-7-14)27-13-15-12-26-17(21-15)16-8-4-5-10-20-16/h1-8,10,12H,9,11,13H2,(H,22,25). The molecule has 0 aliphatic heterocycles. The van der Waals surface area contributed by atoms with E-state index >= 15 is 0 Å². The minimum absolute atomic E-state index is 0.180. The Balaban J connectivity index is 1.42. The quantitative estimate of drug-likeness (QED) is 0.484. The number of nitrogens with one attached hydrogen (secondary N) is 1. The molecular weight excluding hydrogens is 378 g/mol. The van der Waals surface area contributed by atoms with E-state index in [1.807, 2.05) is 41.8 Å². The van der Waals surface area contributed by atoms with Gasteiger partial charge in [-0.15, -0.1) is 16.4 Å². The van der Waals surface area contributed by atoms with Gasteiger partial charge in [0.15, 0.2) is 5.16 Å². The fourth-order valence-electron chi connectivity index (χ4n) is 2.61. The molecule has 0 aliphatic carbocycles. The van der Waals surface area contributed by atoms with Crippen molar-refractivity contribution in [1.29, 1.82) is 0 Å². The lowest BCUT2D eigenvalue weighted by Gasteiger charge is -2.05. The van der Waals surface area contributed by atoms with Crippen LogP contribution in [0.5, 0.6) is 0 Å². The van der Waals surface area contributed by atoms with Crippen molar-refractivity contribution >= 4 is 23.1 Å². The normalized spacial score (nSPS) is 11.0. The number of hydrogen-bond acceptors (Lipinski definition) is 6. The molecule has 1 aromatic carbocycles. The summed E-state index contributed by atoms with van der Waals surface area (Å²) >= 11 is 3.08. The molecule has 0 saturated heterocycles. The molecule has 1 N–H and O–H groups in total. The van der Waals surface area contributed by atoms with Gasteiger partial charge in [-0.3, -0.25) is 9.55 Å². The van der Waals surface area contributed by atoms with Crippen LogP contribution in [-0.2, 0) is 18.7 Å². The lowest BCUT2D eigenvalue weighted by molar-refractivity contribution is 0.616. The Morgan fingerprint density at radius 1 is 1.11 bits per heavy atom. The Morgan fingerprint density at radius 2 is 1.96 bits per heavy atom. The van der Waals surface area contributed by atoms with Crippen molar-refractivity contribution in [2.45, 2.75) is 23.9 Å². The van der Waals surface area contributed by atoms with E-state index in [2.05, 4.69) is 32.3 Å². The predicted octanol–water partition coefficient (Wildman–Crippen LogP) is 3.62. The van der Waals surface area contributed by atoms with E-state index in [1.165, 1.54) is 17.3 Å². The van der Waals surface area contributed by atoms with Gasteiger partial charge in [-0.25, -0.2) is 14.9 Å². The molecule has 0 radical (unpaired) electrons. The van der Waals surface area contributed by atoms with Crippen molar-refractivity contribution in [2.24, 2.45) is 0 Å². The highest BCUT2D eigenvalue weighted by Crippen LogP contribution is 2.25. The number of H-pyrrole nitrogens is 1. The predicted molar refractivity (Wildman–Crippen MR) is 108 cm³/mol. The van der Waals surface area contributed by atoms with Gasteiger partial charge in [0, 0.05) is 23.9 Å². The summed E-state index contributed by atoms with van der Waals surface area (Å²) in [6.45, 7) is 0.595. The second-order valence-electron chi connectivity index (χ2n) is 5.85. The molecule has 0 bridgehead atoms.